The van der Waals surface area contributed by atoms with E-state index in [0.29, 0.717) is 10.7 Å². The molecule has 3 aromatic rings. The Bertz CT molecular complexity index is 839. The molecule has 0 spiro atoms. The molecule has 0 atom stereocenters. The Hall–Kier alpha value is -2.53. The number of nitrogens with one attached hydrogen (secondary N) is 1. The second-order valence-corrected chi connectivity index (χ2v) is 7.08. The number of carbonyl (C=O) groups is 1. The van der Waals surface area contributed by atoms with E-state index in [1.807, 2.05) is 5.38 Å². The van der Waals surface area contributed by atoms with E-state index in [2.05, 4.69) is 60.3 Å². The highest BCUT2D eigenvalue weighted by Crippen LogP contribution is 2.33. The lowest BCUT2D eigenvalue weighted by molar-refractivity contribution is 0.102. The molecule has 2 heterocycles. The number of hydrogen-bond donors (Lipinski definition) is 1. The van der Waals surface area contributed by atoms with Crippen molar-refractivity contribution in [3.05, 3.63) is 76.6 Å². The summed E-state index contributed by atoms with van der Waals surface area (Å²) >= 11 is 1.43. The van der Waals surface area contributed by atoms with Crippen molar-refractivity contribution >= 4 is 22.4 Å². The van der Waals surface area contributed by atoms with E-state index in [4.69, 9.17) is 0 Å². The van der Waals surface area contributed by atoms with E-state index >= 15 is 0 Å². The van der Waals surface area contributed by atoms with Gasteiger partial charge in [0.2, 0.25) is 0 Å². The fourth-order valence-electron chi connectivity index (χ4n) is 2.40. The van der Waals surface area contributed by atoms with Crippen LogP contribution in [0.2, 0.25) is 0 Å². The van der Waals surface area contributed by atoms with Crippen LogP contribution in [0.4, 0.5) is 5.13 Å². The van der Waals surface area contributed by atoms with Crippen LogP contribution in [0.15, 0.2) is 54.2 Å². The Morgan fingerprint density at radius 1 is 1.17 bits per heavy atom. The van der Waals surface area contributed by atoms with Crippen molar-refractivity contribution in [3.8, 4) is 0 Å². The summed E-state index contributed by atoms with van der Waals surface area (Å²) in [7, 11) is 0. The van der Waals surface area contributed by atoms with Gasteiger partial charge in [0.25, 0.3) is 5.91 Å². The zero-order valence-electron chi connectivity index (χ0n) is 13.9. The van der Waals surface area contributed by atoms with Crippen LogP contribution in [0.5, 0.6) is 0 Å². The van der Waals surface area contributed by atoms with Crippen molar-refractivity contribution in [2.45, 2.75) is 26.2 Å². The molecule has 0 saturated heterocycles. The Kier molecular flexibility index (Phi) is 4.44. The molecular formula is C19H19N3OS. The number of rotatable bonds is 4. The summed E-state index contributed by atoms with van der Waals surface area (Å²) in [6.07, 6.45) is 3.18. The van der Waals surface area contributed by atoms with Crippen LogP contribution in [0, 0.1) is 6.92 Å². The van der Waals surface area contributed by atoms with Crippen molar-refractivity contribution in [3.63, 3.8) is 0 Å². The summed E-state index contributed by atoms with van der Waals surface area (Å²) in [6, 6.07) is 11.9. The Morgan fingerprint density at radius 2 is 1.92 bits per heavy atom. The highest BCUT2D eigenvalue weighted by Gasteiger charge is 2.26. The summed E-state index contributed by atoms with van der Waals surface area (Å²) in [5.41, 5.74) is 3.67. The molecule has 122 valence electrons. The number of thiazole rings is 1. The van der Waals surface area contributed by atoms with E-state index in [1.54, 1.807) is 24.5 Å². The molecule has 0 unspecified atom stereocenters. The van der Waals surface area contributed by atoms with Crippen molar-refractivity contribution < 1.29 is 4.79 Å². The van der Waals surface area contributed by atoms with Gasteiger partial charge in [-0.1, -0.05) is 43.7 Å². The normalized spacial score (nSPS) is 11.3. The first-order chi connectivity index (χ1) is 11.5. The summed E-state index contributed by atoms with van der Waals surface area (Å²) < 4.78 is 0. The van der Waals surface area contributed by atoms with Gasteiger partial charge in [-0.05, 0) is 24.6 Å². The van der Waals surface area contributed by atoms with Crippen LogP contribution >= 0.6 is 11.3 Å². The highest BCUT2D eigenvalue weighted by molar-refractivity contribution is 7.14. The van der Waals surface area contributed by atoms with Crippen LogP contribution in [0.25, 0.3) is 0 Å². The molecule has 0 aliphatic carbocycles. The van der Waals surface area contributed by atoms with Gasteiger partial charge in [-0.3, -0.25) is 15.1 Å². The van der Waals surface area contributed by atoms with Gasteiger partial charge in [0, 0.05) is 23.2 Å². The SMILES string of the molecule is Cc1ccc(C(C)(C)c2csc(NC(=O)c3cccnc3)n2)cc1. The van der Waals surface area contributed by atoms with Gasteiger partial charge in [-0.15, -0.1) is 11.3 Å². The topological polar surface area (TPSA) is 54.9 Å². The van der Waals surface area contributed by atoms with E-state index in [9.17, 15) is 4.79 Å². The molecule has 0 bridgehead atoms. The van der Waals surface area contributed by atoms with E-state index in [1.165, 1.54) is 22.5 Å². The summed E-state index contributed by atoms with van der Waals surface area (Å²) in [5.74, 6) is -0.197. The highest BCUT2D eigenvalue weighted by atomic mass is 32.1. The molecule has 1 aromatic carbocycles. The lowest BCUT2D eigenvalue weighted by Gasteiger charge is -2.23. The summed E-state index contributed by atoms with van der Waals surface area (Å²) in [5, 5.41) is 5.43. The van der Waals surface area contributed by atoms with Crippen LogP contribution in [-0.2, 0) is 5.41 Å². The van der Waals surface area contributed by atoms with Crippen molar-refractivity contribution in [2.75, 3.05) is 5.32 Å². The maximum atomic E-state index is 12.2. The van der Waals surface area contributed by atoms with E-state index < -0.39 is 0 Å². The Morgan fingerprint density at radius 3 is 2.58 bits per heavy atom. The fraction of sp³-hybridized carbons (Fsp3) is 0.211. The minimum absolute atomic E-state index is 0.197. The number of aryl methyl sites for hydroxylation is 1. The molecule has 1 amide bonds. The second-order valence-electron chi connectivity index (χ2n) is 6.22. The quantitative estimate of drug-likeness (QED) is 0.766. The molecule has 0 fully saturated rings. The predicted octanol–water partition coefficient (Wildman–Crippen LogP) is 4.42. The van der Waals surface area contributed by atoms with Crippen LogP contribution in [0.1, 0.15) is 41.0 Å². The van der Waals surface area contributed by atoms with Crippen molar-refractivity contribution in [1.29, 1.82) is 0 Å². The molecule has 3 rings (SSSR count). The number of hydrogen-bond acceptors (Lipinski definition) is 4. The first-order valence-corrected chi connectivity index (χ1v) is 8.59. The molecule has 2 aromatic heterocycles. The lowest BCUT2D eigenvalue weighted by atomic mass is 9.82. The largest absolute Gasteiger partial charge is 0.298 e. The van der Waals surface area contributed by atoms with Gasteiger partial charge in [-0.25, -0.2) is 4.98 Å². The number of carbonyl (C=O) groups excluding carboxylic acids is 1. The van der Waals surface area contributed by atoms with Gasteiger partial charge in [0.15, 0.2) is 5.13 Å². The number of benzene rings is 1. The number of pyridine rings is 1. The van der Waals surface area contributed by atoms with Crippen molar-refractivity contribution in [1.82, 2.24) is 9.97 Å². The smallest absolute Gasteiger partial charge is 0.259 e. The van der Waals surface area contributed by atoms with Crippen molar-refractivity contribution in [2.24, 2.45) is 0 Å². The summed E-state index contributed by atoms with van der Waals surface area (Å²) in [6.45, 7) is 6.35. The third kappa shape index (κ3) is 3.36. The number of anilines is 1. The first kappa shape index (κ1) is 16.3. The third-order valence-corrected chi connectivity index (χ3v) is 4.82. The average Bonchev–Trinajstić information content (AvgIpc) is 3.05. The van der Waals surface area contributed by atoms with Gasteiger partial charge < -0.3 is 0 Å². The van der Waals surface area contributed by atoms with E-state index in [0.717, 1.165) is 5.69 Å². The minimum atomic E-state index is -0.221. The Balaban J connectivity index is 1.80. The molecular weight excluding hydrogens is 318 g/mol. The van der Waals surface area contributed by atoms with Gasteiger partial charge >= 0.3 is 0 Å². The number of nitrogens with zero attached hydrogens (tertiary/aromatic N) is 2. The molecule has 1 N–H and O–H groups in total. The molecule has 0 radical (unpaired) electrons. The maximum absolute atomic E-state index is 12.2. The lowest BCUT2D eigenvalue weighted by Crippen LogP contribution is -2.20. The van der Waals surface area contributed by atoms with E-state index in [-0.39, 0.29) is 11.3 Å². The van der Waals surface area contributed by atoms with Gasteiger partial charge in [0.05, 0.1) is 11.3 Å². The standard InChI is InChI=1S/C19H19N3OS/c1-13-6-8-15(9-7-13)19(2,3)16-12-24-18(21-16)22-17(23)14-5-4-10-20-11-14/h4-12H,1-3H3,(H,21,22,23). The fourth-order valence-corrected chi connectivity index (χ4v) is 3.28. The van der Waals surface area contributed by atoms with Crippen LogP contribution in [0.3, 0.4) is 0 Å². The van der Waals surface area contributed by atoms with Gasteiger partial charge in [-0.2, -0.15) is 0 Å². The molecule has 24 heavy (non-hydrogen) atoms. The number of amides is 1. The van der Waals surface area contributed by atoms with Gasteiger partial charge in [0.1, 0.15) is 0 Å². The molecule has 5 heteroatoms. The molecule has 0 aliphatic heterocycles. The average molecular weight is 337 g/mol. The van der Waals surface area contributed by atoms with Crippen LogP contribution in [-0.4, -0.2) is 15.9 Å². The molecule has 0 saturated carbocycles. The maximum Gasteiger partial charge on any atom is 0.259 e. The summed E-state index contributed by atoms with van der Waals surface area (Å²) in [4.78, 5) is 20.8. The third-order valence-electron chi connectivity index (χ3n) is 4.06. The minimum Gasteiger partial charge on any atom is -0.298 e. The first-order valence-electron chi connectivity index (χ1n) is 7.71. The predicted molar refractivity (Wildman–Crippen MR) is 97.6 cm³/mol. The molecule has 0 aliphatic rings. The second kappa shape index (κ2) is 6.53. The number of aromatic nitrogens is 2. The zero-order valence-corrected chi connectivity index (χ0v) is 14.7. The molecule has 4 nitrogen and oxygen atoms in total. The zero-order chi connectivity index (χ0) is 17.2. The van der Waals surface area contributed by atoms with Crippen LogP contribution < -0.4 is 5.32 Å². The monoisotopic (exact) mass is 337 g/mol. The Labute approximate surface area is 145 Å².